The fourth-order valence-corrected chi connectivity index (χ4v) is 2.32. The molecule has 2 aromatic carbocycles. The molecule has 2 aromatic rings. The molecule has 2 rings (SSSR count). The molecule has 1 unspecified atom stereocenters. The van der Waals surface area contributed by atoms with Crippen molar-refractivity contribution in [1.82, 2.24) is 5.32 Å². The first kappa shape index (κ1) is 14.6. The lowest BCUT2D eigenvalue weighted by Gasteiger charge is -2.17. The monoisotopic (exact) mass is 289 g/mol. The Balaban J connectivity index is 2.17. The van der Waals surface area contributed by atoms with E-state index in [1.165, 1.54) is 0 Å². The topological polar surface area (TPSA) is 49.3 Å². The number of carbonyl (C=O) groups is 1. The van der Waals surface area contributed by atoms with E-state index in [1.807, 2.05) is 37.3 Å². The van der Waals surface area contributed by atoms with Crippen LogP contribution < -0.4 is 5.32 Å². The van der Waals surface area contributed by atoms with Crippen LogP contribution in [0.1, 0.15) is 27.5 Å². The summed E-state index contributed by atoms with van der Waals surface area (Å²) in [6.45, 7) is 1.72. The summed E-state index contributed by atoms with van der Waals surface area (Å²) in [5.74, 6) is -0.251. The third kappa shape index (κ3) is 3.59. The van der Waals surface area contributed by atoms with Crippen LogP contribution in [0.15, 0.2) is 48.5 Å². The predicted molar refractivity (Wildman–Crippen MR) is 79.9 cm³/mol. The quantitative estimate of drug-likeness (QED) is 0.908. The first-order chi connectivity index (χ1) is 9.60. The molecular formula is C16H16ClNO2. The van der Waals surface area contributed by atoms with Crippen molar-refractivity contribution in [3.63, 3.8) is 0 Å². The number of nitrogens with one attached hydrogen (secondary N) is 1. The van der Waals surface area contributed by atoms with Crippen LogP contribution in [0, 0.1) is 6.92 Å². The van der Waals surface area contributed by atoms with Gasteiger partial charge in [-0.3, -0.25) is 4.79 Å². The van der Waals surface area contributed by atoms with E-state index in [9.17, 15) is 9.90 Å². The van der Waals surface area contributed by atoms with Crippen LogP contribution in [0.5, 0.6) is 0 Å². The molecule has 1 atom stereocenters. The van der Waals surface area contributed by atoms with Crippen molar-refractivity contribution in [2.24, 2.45) is 0 Å². The van der Waals surface area contributed by atoms with E-state index < -0.39 is 6.04 Å². The van der Waals surface area contributed by atoms with E-state index >= 15 is 0 Å². The standard InChI is InChI=1S/C16H16ClNO2/c1-11-7-13(9-14(17)8-11)16(20)18-15(10-19)12-5-3-2-4-6-12/h2-9,15,19H,10H2,1H3,(H,18,20). The molecular weight excluding hydrogens is 274 g/mol. The molecule has 104 valence electrons. The maximum Gasteiger partial charge on any atom is 0.251 e. The highest BCUT2D eigenvalue weighted by Crippen LogP contribution is 2.17. The van der Waals surface area contributed by atoms with Crippen molar-refractivity contribution in [2.75, 3.05) is 6.61 Å². The van der Waals surface area contributed by atoms with Gasteiger partial charge in [0.15, 0.2) is 0 Å². The first-order valence-corrected chi connectivity index (χ1v) is 6.72. The number of carbonyl (C=O) groups excluding carboxylic acids is 1. The minimum absolute atomic E-state index is 0.157. The Bertz CT molecular complexity index is 578. The molecule has 0 saturated carbocycles. The van der Waals surface area contributed by atoms with Gasteiger partial charge in [0.05, 0.1) is 12.6 Å². The SMILES string of the molecule is Cc1cc(Cl)cc(C(=O)NC(CO)c2ccccc2)c1. The number of hydrogen-bond donors (Lipinski definition) is 2. The minimum atomic E-state index is -0.428. The number of amides is 1. The fourth-order valence-electron chi connectivity index (χ4n) is 2.03. The number of hydrogen-bond acceptors (Lipinski definition) is 2. The molecule has 0 aliphatic carbocycles. The second kappa shape index (κ2) is 6.55. The van der Waals surface area contributed by atoms with Crippen LogP contribution in [0.2, 0.25) is 5.02 Å². The summed E-state index contributed by atoms with van der Waals surface area (Å²) in [5.41, 5.74) is 2.27. The lowest BCUT2D eigenvalue weighted by Crippen LogP contribution is -2.30. The number of halogens is 1. The Morgan fingerprint density at radius 3 is 2.55 bits per heavy atom. The molecule has 0 saturated heterocycles. The van der Waals surface area contributed by atoms with Crippen LogP contribution in [0.4, 0.5) is 0 Å². The molecule has 0 heterocycles. The molecule has 3 nitrogen and oxygen atoms in total. The van der Waals surface area contributed by atoms with E-state index in [0.717, 1.165) is 11.1 Å². The molecule has 0 spiro atoms. The van der Waals surface area contributed by atoms with E-state index in [4.69, 9.17) is 11.6 Å². The molecule has 2 N–H and O–H groups in total. The molecule has 0 radical (unpaired) electrons. The van der Waals surface area contributed by atoms with Gasteiger partial charge in [0, 0.05) is 10.6 Å². The number of aliphatic hydroxyl groups is 1. The van der Waals surface area contributed by atoms with E-state index in [2.05, 4.69) is 5.32 Å². The third-order valence-corrected chi connectivity index (χ3v) is 3.21. The van der Waals surface area contributed by atoms with Gasteiger partial charge < -0.3 is 10.4 Å². The lowest BCUT2D eigenvalue weighted by molar-refractivity contribution is 0.0916. The predicted octanol–water partition coefficient (Wildman–Crippen LogP) is 3.11. The van der Waals surface area contributed by atoms with Gasteiger partial charge >= 0.3 is 0 Å². The number of benzene rings is 2. The van der Waals surface area contributed by atoms with Gasteiger partial charge in [-0.05, 0) is 36.2 Å². The molecule has 0 aliphatic heterocycles. The Hall–Kier alpha value is -1.84. The van der Waals surface area contributed by atoms with E-state index in [1.54, 1.807) is 18.2 Å². The van der Waals surface area contributed by atoms with Crippen LogP contribution in [0.3, 0.4) is 0 Å². The summed E-state index contributed by atoms with van der Waals surface area (Å²) in [5, 5.41) is 12.8. The van der Waals surface area contributed by atoms with Gasteiger partial charge in [-0.25, -0.2) is 0 Å². The lowest BCUT2D eigenvalue weighted by atomic mass is 10.1. The molecule has 0 aromatic heterocycles. The van der Waals surface area contributed by atoms with Crippen LogP contribution >= 0.6 is 11.6 Å². The molecule has 4 heteroatoms. The van der Waals surface area contributed by atoms with Crippen molar-refractivity contribution in [3.8, 4) is 0 Å². The Morgan fingerprint density at radius 1 is 1.25 bits per heavy atom. The average molecular weight is 290 g/mol. The number of aryl methyl sites for hydroxylation is 1. The van der Waals surface area contributed by atoms with Gasteiger partial charge in [0.1, 0.15) is 0 Å². The maximum absolute atomic E-state index is 12.2. The average Bonchev–Trinajstić information content (AvgIpc) is 2.44. The summed E-state index contributed by atoms with van der Waals surface area (Å²) in [6, 6.07) is 14.1. The van der Waals surface area contributed by atoms with Crippen molar-refractivity contribution in [1.29, 1.82) is 0 Å². The molecule has 0 bridgehead atoms. The molecule has 1 amide bonds. The van der Waals surface area contributed by atoms with Gasteiger partial charge in [-0.15, -0.1) is 0 Å². The highest BCUT2D eigenvalue weighted by atomic mass is 35.5. The maximum atomic E-state index is 12.2. The minimum Gasteiger partial charge on any atom is -0.394 e. The Morgan fingerprint density at radius 2 is 1.95 bits per heavy atom. The van der Waals surface area contributed by atoms with Gasteiger partial charge in [0.2, 0.25) is 0 Å². The van der Waals surface area contributed by atoms with E-state index in [-0.39, 0.29) is 12.5 Å². The van der Waals surface area contributed by atoms with Crippen molar-refractivity contribution in [2.45, 2.75) is 13.0 Å². The van der Waals surface area contributed by atoms with Crippen LogP contribution in [-0.4, -0.2) is 17.6 Å². The second-order valence-corrected chi connectivity index (χ2v) is 5.07. The smallest absolute Gasteiger partial charge is 0.251 e. The van der Waals surface area contributed by atoms with Crippen LogP contribution in [0.25, 0.3) is 0 Å². The van der Waals surface area contributed by atoms with Gasteiger partial charge in [0.25, 0.3) is 5.91 Å². The molecule has 0 aliphatic rings. The summed E-state index contributed by atoms with van der Waals surface area (Å²) < 4.78 is 0. The number of aliphatic hydroxyl groups excluding tert-OH is 1. The van der Waals surface area contributed by atoms with Gasteiger partial charge in [-0.1, -0.05) is 41.9 Å². The molecule has 20 heavy (non-hydrogen) atoms. The van der Waals surface area contributed by atoms with E-state index in [0.29, 0.717) is 10.6 Å². The summed E-state index contributed by atoms with van der Waals surface area (Å²) >= 11 is 5.95. The fraction of sp³-hybridized carbons (Fsp3) is 0.188. The summed E-state index contributed by atoms with van der Waals surface area (Å²) in [4.78, 5) is 12.2. The van der Waals surface area contributed by atoms with Crippen molar-refractivity contribution >= 4 is 17.5 Å². The summed E-state index contributed by atoms with van der Waals surface area (Å²) in [7, 11) is 0. The second-order valence-electron chi connectivity index (χ2n) is 4.64. The normalized spacial score (nSPS) is 11.9. The van der Waals surface area contributed by atoms with Crippen LogP contribution in [-0.2, 0) is 0 Å². The largest absolute Gasteiger partial charge is 0.394 e. The molecule has 0 fully saturated rings. The first-order valence-electron chi connectivity index (χ1n) is 6.34. The van der Waals surface area contributed by atoms with Crippen molar-refractivity contribution < 1.29 is 9.90 Å². The highest BCUT2D eigenvalue weighted by molar-refractivity contribution is 6.31. The van der Waals surface area contributed by atoms with Crippen molar-refractivity contribution in [3.05, 3.63) is 70.2 Å². The zero-order valence-corrected chi connectivity index (χ0v) is 11.9. The summed E-state index contributed by atoms with van der Waals surface area (Å²) in [6.07, 6.45) is 0. The Kier molecular flexibility index (Phi) is 4.77. The third-order valence-electron chi connectivity index (χ3n) is 2.99. The Labute approximate surface area is 123 Å². The zero-order chi connectivity index (χ0) is 14.5. The highest BCUT2D eigenvalue weighted by Gasteiger charge is 2.15. The zero-order valence-electron chi connectivity index (χ0n) is 11.1. The van der Waals surface area contributed by atoms with Gasteiger partial charge in [-0.2, -0.15) is 0 Å². The number of rotatable bonds is 4.